The van der Waals surface area contributed by atoms with Crippen molar-refractivity contribution in [2.24, 2.45) is 0 Å². The van der Waals surface area contributed by atoms with Crippen molar-refractivity contribution in [3.63, 3.8) is 0 Å². The highest BCUT2D eigenvalue weighted by atomic mass is 19.1. The first-order chi connectivity index (χ1) is 16.4. The molecule has 0 spiro atoms. The first-order valence-electron chi connectivity index (χ1n) is 10.3. The Morgan fingerprint density at radius 2 is 1.97 bits per heavy atom. The molecule has 0 fully saturated rings. The molecular formula is C23H21F2N5O4. The third-order valence-electron chi connectivity index (χ3n) is 4.78. The maximum Gasteiger partial charge on any atom is 0.260 e. The highest BCUT2D eigenvalue weighted by Crippen LogP contribution is 2.23. The quantitative estimate of drug-likeness (QED) is 0.376. The smallest absolute Gasteiger partial charge is 0.260 e. The van der Waals surface area contributed by atoms with Gasteiger partial charge in [-0.25, -0.2) is 8.78 Å². The molecule has 4 aromatic rings. The molecule has 9 nitrogen and oxygen atoms in total. The number of benzene rings is 2. The molecular weight excluding hydrogens is 448 g/mol. The standard InChI is InChI=1S/C23H21F2N5O4/c1-14(34-19-7-6-16(24)13-18(19)25)23(31)26-10-11-33-21-9-8-20-27-28-22(30(20)29-21)15-4-3-5-17(12-15)32-2/h3-9,12-14H,10-11H2,1-2H3,(H,26,31). The van der Waals surface area contributed by atoms with Crippen LogP contribution >= 0.6 is 0 Å². The molecule has 2 heterocycles. The van der Waals surface area contributed by atoms with Gasteiger partial charge in [0.25, 0.3) is 5.91 Å². The van der Waals surface area contributed by atoms with Crippen molar-refractivity contribution < 1.29 is 27.8 Å². The number of carbonyl (C=O) groups excluding carboxylic acids is 1. The molecule has 0 radical (unpaired) electrons. The van der Waals surface area contributed by atoms with Gasteiger partial charge in [-0.1, -0.05) is 12.1 Å². The van der Waals surface area contributed by atoms with E-state index < -0.39 is 23.6 Å². The Morgan fingerprint density at radius 3 is 2.76 bits per heavy atom. The van der Waals surface area contributed by atoms with Gasteiger partial charge >= 0.3 is 0 Å². The number of amides is 1. The molecule has 0 aliphatic rings. The van der Waals surface area contributed by atoms with Crippen molar-refractivity contribution in [3.8, 4) is 28.8 Å². The van der Waals surface area contributed by atoms with Gasteiger partial charge in [0.15, 0.2) is 29.1 Å². The van der Waals surface area contributed by atoms with Crippen molar-refractivity contribution in [1.29, 1.82) is 0 Å². The number of aromatic nitrogens is 4. The van der Waals surface area contributed by atoms with Crippen LogP contribution < -0.4 is 19.5 Å². The molecule has 2 aromatic heterocycles. The van der Waals surface area contributed by atoms with Gasteiger partial charge in [0.05, 0.1) is 13.7 Å². The van der Waals surface area contributed by atoms with E-state index in [9.17, 15) is 13.6 Å². The molecule has 11 heteroatoms. The Balaban J connectivity index is 1.33. The monoisotopic (exact) mass is 469 g/mol. The van der Waals surface area contributed by atoms with E-state index in [1.54, 1.807) is 23.8 Å². The normalized spacial score (nSPS) is 11.8. The fourth-order valence-corrected chi connectivity index (χ4v) is 3.08. The van der Waals surface area contributed by atoms with Crippen LogP contribution in [0.5, 0.6) is 17.4 Å². The molecule has 1 atom stereocenters. The second kappa shape index (κ2) is 10.1. The van der Waals surface area contributed by atoms with Crippen LogP contribution in [0.4, 0.5) is 8.78 Å². The molecule has 0 aliphatic heterocycles. The maximum absolute atomic E-state index is 13.7. The third-order valence-corrected chi connectivity index (χ3v) is 4.78. The molecule has 1 unspecified atom stereocenters. The van der Waals surface area contributed by atoms with E-state index in [-0.39, 0.29) is 18.9 Å². The predicted molar refractivity (Wildman–Crippen MR) is 118 cm³/mol. The second-order valence-electron chi connectivity index (χ2n) is 7.17. The fourth-order valence-electron chi connectivity index (χ4n) is 3.08. The number of hydrogen-bond donors (Lipinski definition) is 1. The van der Waals surface area contributed by atoms with Crippen LogP contribution in [0.3, 0.4) is 0 Å². The number of fused-ring (bicyclic) bond motifs is 1. The molecule has 176 valence electrons. The Kier molecular flexibility index (Phi) is 6.81. The number of nitrogens with one attached hydrogen (secondary N) is 1. The summed E-state index contributed by atoms with van der Waals surface area (Å²) in [5.41, 5.74) is 1.31. The van der Waals surface area contributed by atoms with Crippen molar-refractivity contribution in [2.75, 3.05) is 20.3 Å². The zero-order valence-corrected chi connectivity index (χ0v) is 18.4. The number of halogens is 2. The highest BCUT2D eigenvalue weighted by molar-refractivity contribution is 5.80. The van der Waals surface area contributed by atoms with Crippen LogP contribution in [-0.4, -0.2) is 52.1 Å². The van der Waals surface area contributed by atoms with E-state index in [1.807, 2.05) is 24.3 Å². The molecule has 0 saturated heterocycles. The highest BCUT2D eigenvalue weighted by Gasteiger charge is 2.17. The molecule has 0 saturated carbocycles. The second-order valence-corrected chi connectivity index (χ2v) is 7.17. The lowest BCUT2D eigenvalue weighted by atomic mass is 10.2. The number of nitrogens with zero attached hydrogens (tertiary/aromatic N) is 4. The number of carbonyl (C=O) groups is 1. The third kappa shape index (κ3) is 5.20. The largest absolute Gasteiger partial charge is 0.497 e. The van der Waals surface area contributed by atoms with Crippen LogP contribution in [0.1, 0.15) is 6.92 Å². The minimum Gasteiger partial charge on any atom is -0.497 e. The van der Waals surface area contributed by atoms with Gasteiger partial charge in [0, 0.05) is 17.7 Å². The van der Waals surface area contributed by atoms with Crippen molar-refractivity contribution in [3.05, 3.63) is 66.2 Å². The zero-order chi connectivity index (χ0) is 24.1. The first kappa shape index (κ1) is 22.9. The van der Waals surface area contributed by atoms with Gasteiger partial charge in [-0.3, -0.25) is 4.79 Å². The Labute approximate surface area is 193 Å². The molecule has 1 N–H and O–H groups in total. The average molecular weight is 469 g/mol. The van der Waals surface area contributed by atoms with Crippen LogP contribution in [-0.2, 0) is 4.79 Å². The zero-order valence-electron chi connectivity index (χ0n) is 18.4. The van der Waals surface area contributed by atoms with Gasteiger partial charge in [0.1, 0.15) is 18.2 Å². The van der Waals surface area contributed by atoms with Crippen molar-refractivity contribution in [2.45, 2.75) is 13.0 Å². The lowest BCUT2D eigenvalue weighted by Crippen LogP contribution is -2.38. The SMILES string of the molecule is COc1cccc(-c2nnc3ccc(OCCNC(=O)C(C)Oc4ccc(F)cc4F)nn23)c1. The topological polar surface area (TPSA) is 99.9 Å². The van der Waals surface area contributed by atoms with Gasteiger partial charge < -0.3 is 19.5 Å². The van der Waals surface area contributed by atoms with Crippen molar-refractivity contribution in [1.82, 2.24) is 25.1 Å². The molecule has 0 aliphatic carbocycles. The lowest BCUT2D eigenvalue weighted by Gasteiger charge is -2.15. The van der Waals surface area contributed by atoms with Crippen LogP contribution in [0.2, 0.25) is 0 Å². The Morgan fingerprint density at radius 1 is 1.12 bits per heavy atom. The van der Waals surface area contributed by atoms with Gasteiger partial charge in [-0.15, -0.1) is 15.3 Å². The van der Waals surface area contributed by atoms with Crippen LogP contribution in [0, 0.1) is 11.6 Å². The lowest BCUT2D eigenvalue weighted by molar-refractivity contribution is -0.127. The van der Waals surface area contributed by atoms with Gasteiger partial charge in [-0.05, 0) is 37.3 Å². The van der Waals surface area contributed by atoms with E-state index in [2.05, 4.69) is 20.6 Å². The molecule has 34 heavy (non-hydrogen) atoms. The summed E-state index contributed by atoms with van der Waals surface area (Å²) >= 11 is 0. The van der Waals surface area contributed by atoms with Crippen LogP contribution in [0.15, 0.2) is 54.6 Å². The van der Waals surface area contributed by atoms with E-state index >= 15 is 0 Å². The van der Waals surface area contributed by atoms with E-state index in [0.29, 0.717) is 29.2 Å². The number of methoxy groups -OCH3 is 1. The summed E-state index contributed by atoms with van der Waals surface area (Å²) in [6.07, 6.45) is -0.989. The predicted octanol–water partition coefficient (Wildman–Crippen LogP) is 3.04. The van der Waals surface area contributed by atoms with Gasteiger partial charge in [-0.2, -0.15) is 4.52 Å². The molecule has 4 rings (SSSR count). The summed E-state index contributed by atoms with van der Waals surface area (Å²) in [5, 5.41) is 15.3. The number of rotatable bonds is 9. The summed E-state index contributed by atoms with van der Waals surface area (Å²) in [6.45, 7) is 1.74. The molecule has 0 bridgehead atoms. The Hall–Kier alpha value is -4.28. The fraction of sp³-hybridized carbons (Fsp3) is 0.217. The summed E-state index contributed by atoms with van der Waals surface area (Å²) in [7, 11) is 1.58. The minimum atomic E-state index is -0.989. The number of hydrogen-bond acceptors (Lipinski definition) is 7. The van der Waals surface area contributed by atoms with Crippen LogP contribution in [0.25, 0.3) is 17.0 Å². The minimum absolute atomic E-state index is 0.124. The van der Waals surface area contributed by atoms with Crippen molar-refractivity contribution >= 4 is 11.6 Å². The molecule has 1 amide bonds. The van der Waals surface area contributed by atoms with Gasteiger partial charge in [0.2, 0.25) is 5.88 Å². The van der Waals surface area contributed by atoms with E-state index in [0.717, 1.165) is 17.7 Å². The average Bonchev–Trinajstić information content (AvgIpc) is 3.26. The maximum atomic E-state index is 13.7. The first-order valence-corrected chi connectivity index (χ1v) is 10.3. The van der Waals surface area contributed by atoms with E-state index in [4.69, 9.17) is 14.2 Å². The molecule has 2 aromatic carbocycles. The summed E-state index contributed by atoms with van der Waals surface area (Å²) in [5.74, 6) is -0.791. The summed E-state index contributed by atoms with van der Waals surface area (Å²) < 4.78 is 44.4. The summed E-state index contributed by atoms with van der Waals surface area (Å²) in [6, 6.07) is 13.6. The number of ether oxygens (including phenoxy) is 3. The summed E-state index contributed by atoms with van der Waals surface area (Å²) in [4.78, 5) is 12.2. The van der Waals surface area contributed by atoms with E-state index in [1.165, 1.54) is 6.92 Å². The Bertz CT molecular complexity index is 1310.